The largest absolute Gasteiger partial charge is 0.440 e. The molecule has 0 saturated carbocycles. The monoisotopic (exact) mass is 450 g/mol. The van der Waals surface area contributed by atoms with Gasteiger partial charge in [-0.05, 0) is 52.8 Å². The van der Waals surface area contributed by atoms with Crippen molar-refractivity contribution in [2.75, 3.05) is 12.4 Å². The molecule has 0 aliphatic heterocycles. The fourth-order valence-corrected chi connectivity index (χ4v) is 6.63. The van der Waals surface area contributed by atoms with Crippen LogP contribution in [0.5, 0.6) is 5.75 Å². The van der Waals surface area contributed by atoms with E-state index in [1.54, 1.807) is 19.1 Å². The van der Waals surface area contributed by atoms with Crippen molar-refractivity contribution in [3.8, 4) is 5.75 Å². The molecule has 0 radical (unpaired) electrons. The third-order valence-corrected chi connectivity index (χ3v) is 7.16. The highest BCUT2D eigenvalue weighted by Crippen LogP contribution is 2.61. The smallest absolute Gasteiger partial charge is 0.414 e. The molecule has 0 spiro atoms. The van der Waals surface area contributed by atoms with E-state index < -0.39 is 6.80 Å². The van der Waals surface area contributed by atoms with Gasteiger partial charge >= 0.3 is 6.80 Å². The standard InChI is InChI=1S/C11H14Br2ClO3PS/c1-3-5-19-18(15,16-4-2)17-11-9(13)6-8(12)7-10(11)14/h6-7H,3-5H2,1-2H3. The molecule has 0 saturated heterocycles. The molecule has 0 aliphatic rings. The Labute approximate surface area is 139 Å². The first-order valence-electron chi connectivity index (χ1n) is 5.65. The summed E-state index contributed by atoms with van der Waals surface area (Å²) in [6.07, 6.45) is 0.889. The lowest BCUT2D eigenvalue weighted by Gasteiger charge is -2.19. The Morgan fingerprint density at radius 3 is 2.58 bits per heavy atom. The van der Waals surface area contributed by atoms with Crippen molar-refractivity contribution >= 4 is 61.6 Å². The maximum absolute atomic E-state index is 12.6. The second kappa shape index (κ2) is 8.30. The Balaban J connectivity index is 3.00. The molecular formula is C11H14Br2ClO3PS. The van der Waals surface area contributed by atoms with Crippen molar-refractivity contribution < 1.29 is 13.6 Å². The van der Waals surface area contributed by atoms with E-state index in [0.29, 0.717) is 27.6 Å². The molecule has 0 fully saturated rings. The molecule has 0 aromatic heterocycles. The number of benzene rings is 1. The van der Waals surface area contributed by atoms with E-state index in [4.69, 9.17) is 20.6 Å². The van der Waals surface area contributed by atoms with Crippen LogP contribution in [0.25, 0.3) is 0 Å². The summed E-state index contributed by atoms with van der Waals surface area (Å²) in [5, 5.41) is 0.373. The molecule has 19 heavy (non-hydrogen) atoms. The lowest BCUT2D eigenvalue weighted by Crippen LogP contribution is -1.97. The first kappa shape index (κ1) is 17.9. The molecule has 1 rings (SSSR count). The van der Waals surface area contributed by atoms with Gasteiger partial charge in [0, 0.05) is 10.2 Å². The topological polar surface area (TPSA) is 35.5 Å². The Bertz CT molecular complexity index is 464. The predicted molar refractivity (Wildman–Crippen MR) is 89.5 cm³/mol. The molecule has 8 heteroatoms. The van der Waals surface area contributed by atoms with Crippen molar-refractivity contribution in [1.29, 1.82) is 0 Å². The quantitative estimate of drug-likeness (QED) is 0.441. The summed E-state index contributed by atoms with van der Waals surface area (Å²) in [4.78, 5) is 0. The van der Waals surface area contributed by atoms with Crippen LogP contribution in [0.3, 0.4) is 0 Å². The van der Waals surface area contributed by atoms with Crippen LogP contribution in [0.1, 0.15) is 20.3 Å². The first-order chi connectivity index (χ1) is 8.91. The van der Waals surface area contributed by atoms with Crippen LogP contribution in [-0.2, 0) is 9.09 Å². The summed E-state index contributed by atoms with van der Waals surface area (Å²) >= 11 is 14.0. The lowest BCUT2D eigenvalue weighted by molar-refractivity contribution is 0.296. The lowest BCUT2D eigenvalue weighted by atomic mass is 10.3. The van der Waals surface area contributed by atoms with Gasteiger partial charge in [0.1, 0.15) is 0 Å². The molecule has 1 unspecified atom stereocenters. The number of hydrogen-bond donors (Lipinski definition) is 0. The van der Waals surface area contributed by atoms with Crippen molar-refractivity contribution in [1.82, 2.24) is 0 Å². The highest BCUT2D eigenvalue weighted by atomic mass is 79.9. The van der Waals surface area contributed by atoms with Crippen LogP contribution < -0.4 is 4.52 Å². The average molecular weight is 453 g/mol. The van der Waals surface area contributed by atoms with E-state index in [0.717, 1.165) is 10.9 Å². The normalized spacial score (nSPS) is 14.2. The Morgan fingerprint density at radius 2 is 2.05 bits per heavy atom. The molecule has 1 atom stereocenters. The molecule has 1 aromatic carbocycles. The van der Waals surface area contributed by atoms with Gasteiger partial charge in [-0.15, -0.1) is 0 Å². The summed E-state index contributed by atoms with van der Waals surface area (Å²) in [5.41, 5.74) is 0. The van der Waals surface area contributed by atoms with E-state index in [9.17, 15) is 4.57 Å². The minimum Gasteiger partial charge on any atom is -0.414 e. The molecule has 108 valence electrons. The van der Waals surface area contributed by atoms with Gasteiger partial charge in [0.2, 0.25) is 0 Å². The fraction of sp³-hybridized carbons (Fsp3) is 0.455. The molecule has 0 aliphatic carbocycles. The van der Waals surface area contributed by atoms with Gasteiger partial charge in [-0.25, -0.2) is 4.57 Å². The Morgan fingerprint density at radius 1 is 1.37 bits per heavy atom. The number of halogens is 3. The van der Waals surface area contributed by atoms with Gasteiger partial charge in [0.25, 0.3) is 0 Å². The van der Waals surface area contributed by atoms with Crippen LogP contribution in [0, 0.1) is 0 Å². The van der Waals surface area contributed by atoms with Gasteiger partial charge < -0.3 is 4.52 Å². The van der Waals surface area contributed by atoms with E-state index in [-0.39, 0.29) is 0 Å². The molecule has 0 amide bonds. The summed E-state index contributed by atoms with van der Waals surface area (Å²) in [6.45, 7) is 0.864. The van der Waals surface area contributed by atoms with Crippen molar-refractivity contribution in [3.05, 3.63) is 26.1 Å². The summed E-state index contributed by atoms with van der Waals surface area (Å²) in [6, 6.07) is 3.46. The summed E-state index contributed by atoms with van der Waals surface area (Å²) in [7, 11) is 0. The molecular weight excluding hydrogens is 438 g/mol. The zero-order valence-corrected chi connectivity index (χ0v) is 16.1. The molecule has 3 nitrogen and oxygen atoms in total. The van der Waals surface area contributed by atoms with Crippen molar-refractivity contribution in [2.45, 2.75) is 20.3 Å². The SMILES string of the molecule is CCCSP(=O)(OCC)Oc1c(Cl)cc(Br)cc1Br. The van der Waals surface area contributed by atoms with E-state index in [2.05, 4.69) is 31.9 Å². The van der Waals surface area contributed by atoms with Gasteiger partial charge in [0.15, 0.2) is 5.75 Å². The first-order valence-corrected chi connectivity index (χ1v) is 10.7. The molecule has 0 bridgehead atoms. The molecule has 0 N–H and O–H groups in total. The van der Waals surface area contributed by atoms with Gasteiger partial charge in [0.05, 0.1) is 16.1 Å². The minimum atomic E-state index is -3.24. The van der Waals surface area contributed by atoms with Crippen molar-refractivity contribution in [3.63, 3.8) is 0 Å². The van der Waals surface area contributed by atoms with E-state index >= 15 is 0 Å². The minimum absolute atomic E-state index is 0.319. The summed E-state index contributed by atoms with van der Waals surface area (Å²) < 4.78 is 24.8. The maximum Gasteiger partial charge on any atom is 0.440 e. The van der Waals surface area contributed by atoms with Gasteiger partial charge in [-0.1, -0.05) is 34.5 Å². The predicted octanol–water partition coefficient (Wildman–Crippen LogP) is 6.53. The molecule has 1 aromatic rings. The zero-order chi connectivity index (χ0) is 14.5. The Kier molecular flexibility index (Phi) is 7.80. The number of hydrogen-bond acceptors (Lipinski definition) is 4. The third kappa shape index (κ3) is 5.60. The highest BCUT2D eigenvalue weighted by molar-refractivity contribution is 9.11. The fourth-order valence-electron chi connectivity index (χ4n) is 1.18. The zero-order valence-electron chi connectivity index (χ0n) is 10.5. The molecule has 0 heterocycles. The van der Waals surface area contributed by atoms with Crippen LogP contribution in [0.15, 0.2) is 21.1 Å². The Hall–Kier alpha value is 0.810. The third-order valence-electron chi connectivity index (χ3n) is 1.91. The van der Waals surface area contributed by atoms with Crippen LogP contribution in [0.4, 0.5) is 0 Å². The van der Waals surface area contributed by atoms with Crippen molar-refractivity contribution in [2.24, 2.45) is 0 Å². The number of rotatable bonds is 7. The highest BCUT2D eigenvalue weighted by Gasteiger charge is 2.28. The van der Waals surface area contributed by atoms with Gasteiger partial charge in [-0.2, -0.15) is 0 Å². The van der Waals surface area contributed by atoms with Crippen LogP contribution in [-0.4, -0.2) is 12.4 Å². The van der Waals surface area contributed by atoms with Gasteiger partial charge in [-0.3, -0.25) is 4.52 Å². The van der Waals surface area contributed by atoms with Crippen LogP contribution in [0.2, 0.25) is 5.02 Å². The second-order valence-corrected chi connectivity index (χ2v) is 9.78. The van der Waals surface area contributed by atoms with E-state index in [1.165, 1.54) is 11.4 Å². The second-order valence-electron chi connectivity index (χ2n) is 3.49. The van der Waals surface area contributed by atoms with E-state index in [1.807, 2.05) is 6.92 Å². The maximum atomic E-state index is 12.6. The van der Waals surface area contributed by atoms with Crippen LogP contribution >= 0.6 is 61.6 Å². The average Bonchev–Trinajstić information content (AvgIpc) is 2.32. The summed E-state index contributed by atoms with van der Waals surface area (Å²) in [5.74, 6) is 1.04.